The fourth-order valence-electron chi connectivity index (χ4n) is 3.74. The fraction of sp³-hybridized carbons (Fsp3) is 0.667. The van der Waals surface area contributed by atoms with Crippen LogP contribution in [0.25, 0.3) is 0 Å². The minimum Gasteiger partial charge on any atom is -0.394 e. The van der Waals surface area contributed by atoms with E-state index in [-0.39, 0.29) is 19.0 Å². The molecular formula is C21H33N3O10. The highest BCUT2D eigenvalue weighted by Crippen LogP contribution is 2.22. The Labute approximate surface area is 196 Å². The van der Waals surface area contributed by atoms with E-state index >= 15 is 0 Å². The lowest BCUT2D eigenvalue weighted by Crippen LogP contribution is -2.65. The SMILES string of the molecule is CO[C@H]1O[C@H](CNC(=NCc2ccccc2)N[C@@H]2O[C@H](CO)[C@@H](O)[C@H](O)[C@H]2O)[C@@H](O)[C@H](O)[C@H]1O. The Hall–Kier alpha value is -1.91. The zero-order valence-corrected chi connectivity index (χ0v) is 18.6. The van der Waals surface area contributed by atoms with E-state index in [1.165, 1.54) is 7.11 Å². The van der Waals surface area contributed by atoms with Gasteiger partial charge in [0.2, 0.25) is 0 Å². The first-order valence-electron chi connectivity index (χ1n) is 10.9. The van der Waals surface area contributed by atoms with Gasteiger partial charge in [-0.3, -0.25) is 0 Å². The van der Waals surface area contributed by atoms with Gasteiger partial charge in [0, 0.05) is 13.7 Å². The summed E-state index contributed by atoms with van der Waals surface area (Å²) in [6, 6.07) is 9.24. The highest BCUT2D eigenvalue weighted by Gasteiger charge is 2.45. The summed E-state index contributed by atoms with van der Waals surface area (Å²) in [6.07, 6.45) is -13.5. The van der Waals surface area contributed by atoms with E-state index in [1.807, 2.05) is 30.3 Å². The molecule has 0 aromatic heterocycles. The van der Waals surface area contributed by atoms with Gasteiger partial charge in [0.25, 0.3) is 0 Å². The highest BCUT2D eigenvalue weighted by atomic mass is 16.7. The lowest BCUT2D eigenvalue weighted by Gasteiger charge is -2.41. The van der Waals surface area contributed by atoms with Gasteiger partial charge in [-0.1, -0.05) is 30.3 Å². The number of aliphatic hydroxyl groups excluding tert-OH is 7. The number of aliphatic hydroxyl groups is 7. The van der Waals surface area contributed by atoms with Crippen molar-refractivity contribution in [2.75, 3.05) is 20.3 Å². The van der Waals surface area contributed by atoms with Crippen molar-refractivity contribution < 1.29 is 50.0 Å². The average Bonchev–Trinajstić information content (AvgIpc) is 2.85. The van der Waals surface area contributed by atoms with E-state index < -0.39 is 68.0 Å². The molecule has 2 heterocycles. The normalized spacial score (nSPS) is 39.0. The van der Waals surface area contributed by atoms with Gasteiger partial charge < -0.3 is 60.6 Å². The number of guanidine groups is 1. The molecule has 0 aliphatic carbocycles. The Morgan fingerprint density at radius 3 is 2.18 bits per heavy atom. The average molecular weight is 488 g/mol. The molecular weight excluding hydrogens is 454 g/mol. The fourth-order valence-corrected chi connectivity index (χ4v) is 3.74. The van der Waals surface area contributed by atoms with Crippen LogP contribution in [-0.4, -0.2) is 123 Å². The Balaban J connectivity index is 1.73. The van der Waals surface area contributed by atoms with E-state index in [2.05, 4.69) is 15.6 Å². The van der Waals surface area contributed by atoms with Crippen LogP contribution in [0.15, 0.2) is 35.3 Å². The summed E-state index contributed by atoms with van der Waals surface area (Å²) in [5.74, 6) is 0.0820. The molecule has 192 valence electrons. The van der Waals surface area contributed by atoms with Crippen LogP contribution >= 0.6 is 0 Å². The summed E-state index contributed by atoms with van der Waals surface area (Å²) in [5.41, 5.74) is 0.865. The zero-order valence-electron chi connectivity index (χ0n) is 18.6. The highest BCUT2D eigenvalue weighted by molar-refractivity contribution is 5.80. The van der Waals surface area contributed by atoms with Crippen LogP contribution in [0.2, 0.25) is 0 Å². The second kappa shape index (κ2) is 12.2. The van der Waals surface area contributed by atoms with Crippen LogP contribution in [-0.2, 0) is 20.8 Å². The predicted octanol–water partition coefficient (Wildman–Crippen LogP) is -4.02. The summed E-state index contributed by atoms with van der Waals surface area (Å²) < 4.78 is 16.0. The summed E-state index contributed by atoms with van der Waals surface area (Å²) in [6.45, 7) is -0.472. The Kier molecular flexibility index (Phi) is 9.56. The second-order valence-corrected chi connectivity index (χ2v) is 8.18. The van der Waals surface area contributed by atoms with E-state index in [4.69, 9.17) is 14.2 Å². The molecule has 2 fully saturated rings. The maximum atomic E-state index is 10.3. The number of ether oxygens (including phenoxy) is 3. The van der Waals surface area contributed by atoms with Crippen molar-refractivity contribution in [3.05, 3.63) is 35.9 Å². The Morgan fingerprint density at radius 2 is 1.53 bits per heavy atom. The van der Waals surface area contributed by atoms with E-state index in [1.54, 1.807) is 0 Å². The quantitative estimate of drug-likeness (QED) is 0.133. The molecule has 13 heteroatoms. The first-order chi connectivity index (χ1) is 16.3. The zero-order chi connectivity index (χ0) is 24.8. The van der Waals surface area contributed by atoms with Crippen LogP contribution < -0.4 is 10.6 Å². The number of rotatable bonds is 7. The number of hydrogen-bond donors (Lipinski definition) is 9. The number of benzene rings is 1. The molecule has 0 bridgehead atoms. The first-order valence-corrected chi connectivity index (χ1v) is 10.9. The maximum absolute atomic E-state index is 10.3. The number of methoxy groups -OCH3 is 1. The van der Waals surface area contributed by atoms with Crippen LogP contribution in [0.4, 0.5) is 0 Å². The number of hydrogen-bond acceptors (Lipinski definition) is 11. The van der Waals surface area contributed by atoms with Crippen LogP contribution in [0.3, 0.4) is 0 Å². The molecule has 0 unspecified atom stereocenters. The molecule has 2 saturated heterocycles. The van der Waals surface area contributed by atoms with Crippen LogP contribution in [0.5, 0.6) is 0 Å². The largest absolute Gasteiger partial charge is 0.394 e. The van der Waals surface area contributed by atoms with Crippen molar-refractivity contribution in [1.29, 1.82) is 0 Å². The molecule has 13 nitrogen and oxygen atoms in total. The van der Waals surface area contributed by atoms with E-state index in [0.717, 1.165) is 5.56 Å². The van der Waals surface area contributed by atoms with Crippen molar-refractivity contribution in [1.82, 2.24) is 10.6 Å². The molecule has 1 aromatic carbocycles. The lowest BCUT2D eigenvalue weighted by molar-refractivity contribution is -0.288. The summed E-state index contributed by atoms with van der Waals surface area (Å²) in [5, 5.41) is 75.8. The van der Waals surface area contributed by atoms with Crippen molar-refractivity contribution in [3.63, 3.8) is 0 Å². The third kappa shape index (κ3) is 6.20. The van der Waals surface area contributed by atoms with Gasteiger partial charge in [-0.2, -0.15) is 0 Å². The Bertz CT molecular complexity index is 783. The van der Waals surface area contributed by atoms with Gasteiger partial charge in [0.15, 0.2) is 18.5 Å². The smallest absolute Gasteiger partial charge is 0.193 e. The second-order valence-electron chi connectivity index (χ2n) is 8.18. The summed E-state index contributed by atoms with van der Waals surface area (Å²) in [7, 11) is 1.29. The van der Waals surface area contributed by atoms with Gasteiger partial charge >= 0.3 is 0 Å². The molecule has 2 aliphatic heterocycles. The van der Waals surface area contributed by atoms with Gasteiger partial charge in [-0.15, -0.1) is 0 Å². The van der Waals surface area contributed by atoms with Gasteiger partial charge in [0.05, 0.1) is 13.2 Å². The molecule has 9 N–H and O–H groups in total. The van der Waals surface area contributed by atoms with E-state index in [0.29, 0.717) is 0 Å². The minimum atomic E-state index is -1.58. The molecule has 2 aliphatic rings. The third-order valence-electron chi connectivity index (χ3n) is 5.81. The molecule has 10 atom stereocenters. The molecule has 0 amide bonds. The summed E-state index contributed by atoms with van der Waals surface area (Å²) >= 11 is 0. The molecule has 0 spiro atoms. The minimum absolute atomic E-state index is 0.0820. The van der Waals surface area contributed by atoms with Crippen LogP contribution in [0.1, 0.15) is 5.56 Å². The molecule has 34 heavy (non-hydrogen) atoms. The summed E-state index contributed by atoms with van der Waals surface area (Å²) in [4.78, 5) is 4.42. The monoisotopic (exact) mass is 487 g/mol. The number of aliphatic imine (C=N–C) groups is 1. The van der Waals surface area contributed by atoms with Crippen LogP contribution in [0, 0.1) is 0 Å². The van der Waals surface area contributed by atoms with E-state index in [9.17, 15) is 35.7 Å². The van der Waals surface area contributed by atoms with Crippen molar-refractivity contribution in [3.8, 4) is 0 Å². The van der Waals surface area contributed by atoms with Gasteiger partial charge in [-0.05, 0) is 5.56 Å². The molecule has 3 rings (SSSR count). The standard InChI is InChI=1S/C21H33N3O10/c1-32-20-18(31)16(29)13(26)11(34-20)8-23-21(22-7-10-5-3-2-4-6-10)24-19-17(30)15(28)14(27)12(9-25)33-19/h2-6,11-20,25-31H,7-9H2,1H3,(H2,22,23,24)/t11-,12-,13-,14-,15+,16+,17-,18-,19-,20+/m1/s1. The topological polar surface area (TPSA) is 206 Å². The molecule has 0 radical (unpaired) electrons. The maximum Gasteiger partial charge on any atom is 0.193 e. The molecule has 1 aromatic rings. The van der Waals surface area contributed by atoms with Crippen molar-refractivity contribution in [2.45, 2.75) is 67.9 Å². The van der Waals surface area contributed by atoms with Crippen molar-refractivity contribution in [2.24, 2.45) is 4.99 Å². The number of nitrogens with one attached hydrogen (secondary N) is 2. The van der Waals surface area contributed by atoms with Gasteiger partial charge in [-0.25, -0.2) is 4.99 Å². The van der Waals surface area contributed by atoms with Crippen molar-refractivity contribution >= 4 is 5.96 Å². The molecule has 0 saturated carbocycles. The predicted molar refractivity (Wildman–Crippen MR) is 116 cm³/mol. The Morgan fingerprint density at radius 1 is 0.882 bits per heavy atom. The lowest BCUT2D eigenvalue weighted by atomic mass is 9.98. The van der Waals surface area contributed by atoms with Gasteiger partial charge in [0.1, 0.15) is 48.8 Å². The first kappa shape index (κ1) is 26.7. The third-order valence-corrected chi connectivity index (χ3v) is 5.81. The number of nitrogens with zero attached hydrogens (tertiary/aromatic N) is 1.